The third-order valence-electron chi connectivity index (χ3n) is 26.9. The molecule has 19 nitrogen and oxygen atoms in total. The lowest BCUT2D eigenvalue weighted by Crippen LogP contribution is -2.08. The summed E-state index contributed by atoms with van der Waals surface area (Å²) in [6.07, 6.45) is 7.07. The summed E-state index contributed by atoms with van der Waals surface area (Å²) in [4.78, 5) is 64.8. The van der Waals surface area contributed by atoms with E-state index in [2.05, 4.69) is 294 Å². The van der Waals surface area contributed by atoms with Crippen LogP contribution in [-0.2, 0) is 0 Å². The van der Waals surface area contributed by atoms with Crippen molar-refractivity contribution in [3.63, 3.8) is 0 Å². The second-order valence-electron chi connectivity index (χ2n) is 35.4. The van der Waals surface area contributed by atoms with Gasteiger partial charge in [0.15, 0.2) is 46.6 Å². The van der Waals surface area contributed by atoms with Crippen LogP contribution in [0.1, 0.15) is 0 Å². The average molecular weight is 1850 g/mol. The Balaban J connectivity index is 0.000000109. The Hall–Kier alpha value is -20.0. The summed E-state index contributed by atoms with van der Waals surface area (Å²) >= 11 is 0. The van der Waals surface area contributed by atoms with Crippen LogP contribution in [0.3, 0.4) is 0 Å². The van der Waals surface area contributed by atoms with E-state index in [0.29, 0.717) is 75.6 Å². The van der Waals surface area contributed by atoms with Gasteiger partial charge in [-0.05, 0) is 84.9 Å². The lowest BCUT2D eigenvalue weighted by molar-refractivity contribution is 0.948. The maximum atomic E-state index is 5.21. The van der Waals surface area contributed by atoms with E-state index in [1.165, 1.54) is 32.6 Å². The topological polar surface area (TPSA) is 197 Å². The van der Waals surface area contributed by atoms with Crippen LogP contribution in [0, 0.1) is 0 Å². The number of fused-ring (bicyclic) bond motifs is 20. The molecule has 0 aliphatic carbocycles. The van der Waals surface area contributed by atoms with Crippen LogP contribution in [0.2, 0.25) is 0 Å². The van der Waals surface area contributed by atoms with Crippen molar-refractivity contribution in [1.29, 1.82) is 0 Å². The zero-order valence-electron chi connectivity index (χ0n) is 77.1. The Morgan fingerprint density at radius 1 is 0.125 bits per heavy atom. The molecule has 0 saturated carbocycles. The number of hydrogen-bond acceptors (Lipinski definition) is 13. The summed E-state index contributed by atoms with van der Waals surface area (Å²) in [7, 11) is 0. The minimum absolute atomic E-state index is 0.429. The average Bonchev–Trinajstić information content (AvgIpc) is 1.55. The maximum Gasteiger partial charge on any atom is 0.238 e. The number of benzene rings is 18. The maximum absolute atomic E-state index is 5.21. The highest BCUT2D eigenvalue weighted by molar-refractivity contribution is 6.26. The number of hydrogen-bond donors (Lipinski definition) is 0. The molecule has 0 radical (unpaired) electrons. The first-order valence-corrected chi connectivity index (χ1v) is 47.8. The molecule has 0 N–H and O–H groups in total. The van der Waals surface area contributed by atoms with Gasteiger partial charge in [-0.25, -0.2) is 34.9 Å². The molecule has 11 aromatic heterocycles. The normalized spacial score (nSPS) is 11.6. The van der Waals surface area contributed by atoms with Crippen molar-refractivity contribution in [1.82, 2.24) is 92.2 Å². The number of rotatable bonds is 14. The van der Waals surface area contributed by atoms with Gasteiger partial charge in [0, 0.05) is 140 Å². The Labute approximate surface area is 823 Å². The van der Waals surface area contributed by atoms with Gasteiger partial charge in [0.25, 0.3) is 0 Å². The fourth-order valence-electron chi connectivity index (χ4n) is 20.5. The van der Waals surface area contributed by atoms with Crippen molar-refractivity contribution in [2.45, 2.75) is 0 Å². The van der Waals surface area contributed by atoms with Gasteiger partial charge in [0.2, 0.25) is 17.8 Å². The molecule has 144 heavy (non-hydrogen) atoms. The number of nitrogens with zero attached hydrogens (tertiary/aromatic N) is 19. The van der Waals surface area contributed by atoms with Crippen LogP contribution in [0.25, 0.3) is 257 Å². The highest BCUT2D eigenvalue weighted by atomic mass is 15.2. The van der Waals surface area contributed by atoms with Crippen LogP contribution < -0.4 is 0 Å². The van der Waals surface area contributed by atoms with Crippen molar-refractivity contribution >= 4 is 131 Å². The summed E-state index contributed by atoms with van der Waals surface area (Å²) < 4.78 is 13.7. The van der Waals surface area contributed by atoms with Gasteiger partial charge in [-0.1, -0.05) is 370 Å². The van der Waals surface area contributed by atoms with Crippen molar-refractivity contribution in [3.05, 3.63) is 480 Å². The minimum atomic E-state index is 0.429. The van der Waals surface area contributed by atoms with Gasteiger partial charge in [0.05, 0.1) is 77.3 Å². The highest BCUT2D eigenvalue weighted by Gasteiger charge is 2.29. The zero-order valence-corrected chi connectivity index (χ0v) is 77.1. The monoisotopic (exact) mass is 1850 g/mol. The van der Waals surface area contributed by atoms with Gasteiger partial charge in [-0.3, -0.25) is 13.7 Å². The van der Waals surface area contributed by atoms with Gasteiger partial charge < -0.3 is 13.7 Å². The molecular formula is C125H79N19. The third kappa shape index (κ3) is 14.4. The van der Waals surface area contributed by atoms with Crippen LogP contribution >= 0.6 is 0 Å². The second-order valence-corrected chi connectivity index (χ2v) is 35.4. The Morgan fingerprint density at radius 3 is 0.604 bits per heavy atom. The summed E-state index contributed by atoms with van der Waals surface area (Å²) in [5.41, 5.74) is 23.2. The summed E-state index contributed by atoms with van der Waals surface area (Å²) in [5.74, 6) is 6.28. The van der Waals surface area contributed by atoms with E-state index in [1.54, 1.807) is 24.8 Å². The van der Waals surface area contributed by atoms with Gasteiger partial charge >= 0.3 is 0 Å². The van der Waals surface area contributed by atoms with Gasteiger partial charge in [-0.2, -0.15) is 29.9 Å². The Bertz CT molecular complexity index is 9740. The summed E-state index contributed by atoms with van der Waals surface area (Å²) in [5, 5.41) is 13.8. The molecule has 29 aromatic rings. The highest BCUT2D eigenvalue weighted by Crippen LogP contribution is 2.47. The molecule has 0 aliphatic heterocycles. The standard InChI is InChI=1S/C47H29N9.2C39H25N5/c1-4-14-30(15-5-1)43-48-26-32(27-49-43)45-52-46(33-28-50-44(51-29-33)31-16-6-2-7-17-31)54-47(53-45)56-40-23-13-11-21-36(40)38-25-24-37-35-20-10-12-22-39(35)55(41(37)42(38)56)34-18-8-3-9-19-34;1-4-14-26(15-5-1)37-40-38(27-16-6-2-7-17-27)42-39(41-37)44-34-23-13-11-21-30(34)32-24-35-31(25-36(32)44)29-20-10-12-22-33(29)43(35)28-18-8-3-9-19-28;1-4-14-26(15-5-1)37-40-38(27-16-6-2-7-17-27)42-39(41-37)44-34-23-13-11-21-30(34)32-25-24-31-29-20-10-12-22-33(29)43(35(31)36(32)44)28-18-8-3-9-19-28/h1-29H;2*1-25H. The molecule has 674 valence electrons. The van der Waals surface area contributed by atoms with E-state index >= 15 is 0 Å². The van der Waals surface area contributed by atoms with Crippen molar-refractivity contribution < 1.29 is 0 Å². The second kappa shape index (κ2) is 35.2. The fourth-order valence-corrected chi connectivity index (χ4v) is 20.5. The van der Waals surface area contributed by atoms with Gasteiger partial charge in [0.1, 0.15) is 0 Å². The molecule has 29 rings (SSSR count). The van der Waals surface area contributed by atoms with Crippen LogP contribution in [-0.4, -0.2) is 92.2 Å². The molecule has 0 saturated heterocycles. The molecule has 0 amide bonds. The van der Waals surface area contributed by atoms with Crippen LogP contribution in [0.4, 0.5) is 0 Å². The number of para-hydroxylation sites is 9. The lowest BCUT2D eigenvalue weighted by atomic mass is 10.1. The minimum Gasteiger partial charge on any atom is -0.309 e. The molecule has 18 aromatic carbocycles. The predicted octanol–water partition coefficient (Wildman–Crippen LogP) is 29.1. The summed E-state index contributed by atoms with van der Waals surface area (Å²) in [6, 6.07) is 157. The first-order chi connectivity index (χ1) is 71.5. The van der Waals surface area contributed by atoms with Crippen molar-refractivity contribution in [3.8, 4) is 126 Å². The largest absolute Gasteiger partial charge is 0.309 e. The van der Waals surface area contributed by atoms with Crippen molar-refractivity contribution in [2.24, 2.45) is 0 Å². The summed E-state index contributed by atoms with van der Waals surface area (Å²) in [6.45, 7) is 0. The molecule has 0 unspecified atom stereocenters. The van der Waals surface area contributed by atoms with E-state index in [0.717, 1.165) is 149 Å². The molecular weight excluding hydrogens is 1770 g/mol. The number of aromatic nitrogens is 19. The smallest absolute Gasteiger partial charge is 0.238 e. The fraction of sp³-hybridized carbons (Fsp3) is 0. The third-order valence-corrected chi connectivity index (χ3v) is 26.9. The zero-order chi connectivity index (χ0) is 95.1. The molecule has 11 heterocycles. The van der Waals surface area contributed by atoms with E-state index in [1.807, 2.05) is 188 Å². The molecule has 19 heteroatoms. The van der Waals surface area contributed by atoms with Crippen molar-refractivity contribution in [2.75, 3.05) is 0 Å². The predicted molar refractivity (Wildman–Crippen MR) is 580 cm³/mol. The van der Waals surface area contributed by atoms with E-state index in [4.69, 9.17) is 64.8 Å². The Kier molecular flexibility index (Phi) is 20.4. The first-order valence-electron chi connectivity index (χ1n) is 47.8. The van der Waals surface area contributed by atoms with Gasteiger partial charge in [-0.15, -0.1) is 0 Å². The van der Waals surface area contributed by atoms with Crippen LogP contribution in [0.5, 0.6) is 0 Å². The van der Waals surface area contributed by atoms with Crippen LogP contribution in [0.15, 0.2) is 480 Å². The quantitative estimate of drug-likeness (QED) is 0.0998. The van der Waals surface area contributed by atoms with E-state index in [-0.39, 0.29) is 0 Å². The van der Waals surface area contributed by atoms with E-state index in [9.17, 15) is 0 Å². The Morgan fingerprint density at radius 2 is 0.319 bits per heavy atom. The molecule has 0 atom stereocenters. The lowest BCUT2D eigenvalue weighted by Gasteiger charge is -2.13. The molecule has 0 fully saturated rings. The molecule has 0 aliphatic rings. The van der Waals surface area contributed by atoms with E-state index < -0.39 is 0 Å². The SMILES string of the molecule is c1ccc(-c2nc(-c3ccccc3)nc(-n3c4ccccc4c4cc5c(cc43)c3ccccc3n5-c3ccccc3)n2)cc1.c1ccc(-c2nc(-c3ccccc3)nc(-n3c4ccccc4c4ccc5c6ccccc6n(-c6ccccc6)c5c43)n2)cc1.c1ccc(-c2ncc(-c3nc(-c4cnc(-c5ccccc5)nc4)nc(-n4c5ccccc5c5ccc6c7ccccc7n(-c7ccccc7)c6c54)n3)cn2)cc1. The first kappa shape index (κ1) is 83.3. The molecule has 0 spiro atoms. The molecule has 0 bridgehead atoms.